The van der Waals surface area contributed by atoms with Gasteiger partial charge in [-0.25, -0.2) is 0 Å². The smallest absolute Gasteiger partial charge is 0.250 e. The van der Waals surface area contributed by atoms with Gasteiger partial charge in [-0.15, -0.1) is 0 Å². The van der Waals surface area contributed by atoms with E-state index in [0.717, 1.165) is 0 Å². The van der Waals surface area contributed by atoms with Crippen molar-refractivity contribution in [1.29, 1.82) is 0 Å². The highest BCUT2D eigenvalue weighted by atomic mass is 16.3. The highest BCUT2D eigenvalue weighted by Crippen LogP contribution is 2.08. The highest BCUT2D eigenvalue weighted by Gasteiger charge is 2.28. The van der Waals surface area contributed by atoms with Crippen LogP contribution < -0.4 is 10.9 Å². The molecule has 0 aliphatic rings. The molecule has 19 heavy (non-hydrogen) atoms. The summed E-state index contributed by atoms with van der Waals surface area (Å²) in [6.07, 6.45) is 2.16. The Hall–Kier alpha value is -1.66. The standard InChI is InChI=1S/C13H20N2O4/c1-2-13(9-16,10-17)14-11(18)6-8-15-7-4-3-5-12(15)19/h3-5,7,16-17H,2,6,8-10H2,1H3,(H,14,18). The number of carbonyl (C=O) groups excluding carboxylic acids is 1. The normalized spacial score (nSPS) is 11.3. The molecule has 0 unspecified atom stereocenters. The van der Waals surface area contributed by atoms with E-state index in [1.165, 1.54) is 10.6 Å². The third-order valence-electron chi connectivity index (χ3n) is 3.17. The van der Waals surface area contributed by atoms with Crippen LogP contribution in [0.2, 0.25) is 0 Å². The summed E-state index contributed by atoms with van der Waals surface area (Å²) in [6, 6.07) is 4.78. The molecule has 0 aliphatic carbocycles. The number of aliphatic hydroxyl groups is 2. The second kappa shape index (κ2) is 7.06. The van der Waals surface area contributed by atoms with E-state index in [9.17, 15) is 19.8 Å². The molecule has 0 aliphatic heterocycles. The largest absolute Gasteiger partial charge is 0.394 e. The number of aryl methyl sites for hydroxylation is 1. The first-order chi connectivity index (χ1) is 9.06. The zero-order chi connectivity index (χ0) is 14.3. The number of hydrogen-bond acceptors (Lipinski definition) is 4. The van der Waals surface area contributed by atoms with Crippen LogP contribution >= 0.6 is 0 Å². The van der Waals surface area contributed by atoms with Crippen molar-refractivity contribution in [3.05, 3.63) is 34.7 Å². The molecule has 0 saturated heterocycles. The average molecular weight is 268 g/mol. The summed E-state index contributed by atoms with van der Waals surface area (Å²) in [6.45, 7) is 1.39. The Balaban J connectivity index is 2.57. The van der Waals surface area contributed by atoms with Gasteiger partial charge < -0.3 is 20.1 Å². The third kappa shape index (κ3) is 4.18. The third-order valence-corrected chi connectivity index (χ3v) is 3.17. The molecule has 6 nitrogen and oxygen atoms in total. The first-order valence-electron chi connectivity index (χ1n) is 6.25. The van der Waals surface area contributed by atoms with Crippen LogP contribution in [-0.4, -0.2) is 39.4 Å². The lowest BCUT2D eigenvalue weighted by atomic mass is 9.98. The minimum Gasteiger partial charge on any atom is -0.394 e. The molecule has 0 radical (unpaired) electrons. The minimum absolute atomic E-state index is 0.117. The second-order valence-corrected chi connectivity index (χ2v) is 4.48. The molecule has 1 amide bonds. The Morgan fingerprint density at radius 1 is 1.37 bits per heavy atom. The number of pyridine rings is 1. The molecule has 3 N–H and O–H groups in total. The summed E-state index contributed by atoms with van der Waals surface area (Å²) in [5, 5.41) is 21.1. The van der Waals surface area contributed by atoms with Crippen LogP contribution in [0.4, 0.5) is 0 Å². The minimum atomic E-state index is -0.987. The van der Waals surface area contributed by atoms with E-state index in [2.05, 4.69) is 5.32 Å². The monoisotopic (exact) mass is 268 g/mol. The van der Waals surface area contributed by atoms with Crippen molar-refractivity contribution in [2.75, 3.05) is 13.2 Å². The molecule has 1 aromatic heterocycles. The molecule has 0 spiro atoms. The van der Waals surface area contributed by atoms with Crippen molar-refractivity contribution in [3.63, 3.8) is 0 Å². The van der Waals surface area contributed by atoms with Crippen LogP contribution in [0.1, 0.15) is 19.8 Å². The number of rotatable bonds is 7. The number of carbonyl (C=O) groups is 1. The summed E-state index contributed by atoms with van der Waals surface area (Å²) >= 11 is 0. The average Bonchev–Trinajstić information content (AvgIpc) is 2.44. The Morgan fingerprint density at radius 2 is 2.05 bits per heavy atom. The molecule has 0 bridgehead atoms. The molecular weight excluding hydrogens is 248 g/mol. The Bertz CT molecular complexity index is 457. The van der Waals surface area contributed by atoms with E-state index in [4.69, 9.17) is 0 Å². The van der Waals surface area contributed by atoms with Crippen LogP contribution in [0.25, 0.3) is 0 Å². The summed E-state index contributed by atoms with van der Waals surface area (Å²) < 4.78 is 1.44. The topological polar surface area (TPSA) is 91.6 Å². The molecule has 0 aromatic carbocycles. The van der Waals surface area contributed by atoms with Crippen molar-refractivity contribution in [2.24, 2.45) is 0 Å². The summed E-state index contributed by atoms with van der Waals surface area (Å²) in [4.78, 5) is 23.2. The van der Waals surface area contributed by atoms with Crippen LogP contribution in [0.3, 0.4) is 0 Å². The summed E-state index contributed by atoms with van der Waals surface area (Å²) in [5.74, 6) is -0.305. The van der Waals surface area contributed by atoms with Gasteiger partial charge >= 0.3 is 0 Å². The zero-order valence-corrected chi connectivity index (χ0v) is 11.0. The van der Waals surface area contributed by atoms with Gasteiger partial charge in [0.05, 0.1) is 18.8 Å². The van der Waals surface area contributed by atoms with Gasteiger partial charge in [0.1, 0.15) is 0 Å². The molecule has 0 fully saturated rings. The van der Waals surface area contributed by atoms with Gasteiger partial charge in [0.15, 0.2) is 0 Å². The number of aliphatic hydroxyl groups excluding tert-OH is 2. The van der Waals surface area contributed by atoms with Gasteiger partial charge in [0.2, 0.25) is 5.91 Å². The molecule has 6 heteroatoms. The maximum atomic E-state index is 11.8. The summed E-state index contributed by atoms with van der Waals surface area (Å²) in [5.41, 5.74) is -1.15. The maximum absolute atomic E-state index is 11.8. The Morgan fingerprint density at radius 3 is 2.58 bits per heavy atom. The lowest BCUT2D eigenvalue weighted by molar-refractivity contribution is -0.124. The molecule has 106 valence electrons. The predicted molar refractivity (Wildman–Crippen MR) is 70.7 cm³/mol. The molecule has 1 rings (SSSR count). The van der Waals surface area contributed by atoms with Gasteiger partial charge in [-0.1, -0.05) is 13.0 Å². The predicted octanol–water partition coefficient (Wildman–Crippen LogP) is -0.512. The fourth-order valence-corrected chi connectivity index (χ4v) is 1.67. The van der Waals surface area contributed by atoms with Crippen LogP contribution in [0.5, 0.6) is 0 Å². The second-order valence-electron chi connectivity index (χ2n) is 4.48. The van der Waals surface area contributed by atoms with E-state index in [1.54, 1.807) is 25.3 Å². The van der Waals surface area contributed by atoms with Gasteiger partial charge in [-0.2, -0.15) is 0 Å². The summed E-state index contributed by atoms with van der Waals surface area (Å²) in [7, 11) is 0. The van der Waals surface area contributed by atoms with Crippen LogP contribution in [0.15, 0.2) is 29.2 Å². The SMILES string of the molecule is CCC(CO)(CO)NC(=O)CCn1ccccc1=O. The van der Waals surface area contributed by atoms with Crippen molar-refractivity contribution < 1.29 is 15.0 Å². The molecule has 0 atom stereocenters. The maximum Gasteiger partial charge on any atom is 0.250 e. The number of amides is 1. The molecule has 0 saturated carbocycles. The van der Waals surface area contributed by atoms with E-state index in [0.29, 0.717) is 6.42 Å². The van der Waals surface area contributed by atoms with E-state index in [1.807, 2.05) is 0 Å². The number of nitrogens with one attached hydrogen (secondary N) is 1. The van der Waals surface area contributed by atoms with E-state index >= 15 is 0 Å². The number of nitrogens with zero attached hydrogens (tertiary/aromatic N) is 1. The first kappa shape index (κ1) is 15.4. The molecule has 1 aromatic rings. The highest BCUT2D eigenvalue weighted by molar-refractivity contribution is 5.76. The van der Waals surface area contributed by atoms with Crippen molar-refractivity contribution in [3.8, 4) is 0 Å². The fourth-order valence-electron chi connectivity index (χ4n) is 1.67. The van der Waals surface area contributed by atoms with Gasteiger partial charge in [0.25, 0.3) is 5.56 Å². The van der Waals surface area contributed by atoms with Crippen molar-refractivity contribution in [1.82, 2.24) is 9.88 Å². The van der Waals surface area contributed by atoms with Gasteiger partial charge in [-0.05, 0) is 12.5 Å². The lowest BCUT2D eigenvalue weighted by Gasteiger charge is -2.29. The lowest BCUT2D eigenvalue weighted by Crippen LogP contribution is -2.54. The molecule has 1 heterocycles. The molecular formula is C13H20N2O4. The fraction of sp³-hybridized carbons (Fsp3) is 0.538. The quantitative estimate of drug-likeness (QED) is 0.621. The number of hydrogen-bond donors (Lipinski definition) is 3. The van der Waals surface area contributed by atoms with E-state index < -0.39 is 5.54 Å². The van der Waals surface area contributed by atoms with Crippen LogP contribution in [-0.2, 0) is 11.3 Å². The van der Waals surface area contributed by atoms with Crippen LogP contribution in [0, 0.1) is 0 Å². The zero-order valence-electron chi connectivity index (χ0n) is 11.0. The van der Waals surface area contributed by atoms with Crippen molar-refractivity contribution >= 4 is 5.91 Å². The van der Waals surface area contributed by atoms with Gasteiger partial charge in [-0.3, -0.25) is 9.59 Å². The van der Waals surface area contributed by atoms with Crippen molar-refractivity contribution in [2.45, 2.75) is 31.8 Å². The first-order valence-corrected chi connectivity index (χ1v) is 6.25. The Labute approximate surface area is 111 Å². The van der Waals surface area contributed by atoms with Gasteiger partial charge in [0, 0.05) is 25.2 Å². The van der Waals surface area contributed by atoms with E-state index in [-0.39, 0.29) is 37.6 Å². The number of aromatic nitrogens is 1. The Kier molecular flexibility index (Phi) is 5.72.